The highest BCUT2D eigenvalue weighted by Gasteiger charge is 2.47. The molecule has 1 heteroatoms. The van der Waals surface area contributed by atoms with Crippen molar-refractivity contribution in [1.82, 2.24) is 0 Å². The van der Waals surface area contributed by atoms with Gasteiger partial charge in [0.15, 0.2) is 0 Å². The lowest BCUT2D eigenvalue weighted by Gasteiger charge is -2.51. The van der Waals surface area contributed by atoms with Gasteiger partial charge in [-0.3, -0.25) is 0 Å². The molecule has 2 aliphatic rings. The van der Waals surface area contributed by atoms with Crippen molar-refractivity contribution in [2.24, 2.45) is 11.7 Å². The van der Waals surface area contributed by atoms with E-state index in [0.29, 0.717) is 11.5 Å². The van der Waals surface area contributed by atoms with Crippen LogP contribution in [0.25, 0.3) is 0 Å². The van der Waals surface area contributed by atoms with Crippen LogP contribution in [-0.4, -0.2) is 6.04 Å². The second kappa shape index (κ2) is 3.89. The molecule has 1 aromatic rings. The van der Waals surface area contributed by atoms with Gasteiger partial charge in [0, 0.05) is 11.5 Å². The van der Waals surface area contributed by atoms with Gasteiger partial charge in [0.2, 0.25) is 0 Å². The topological polar surface area (TPSA) is 26.0 Å². The molecule has 1 nitrogen and oxygen atoms in total. The van der Waals surface area contributed by atoms with E-state index in [2.05, 4.69) is 30.3 Å². The molecule has 2 saturated carbocycles. The molecule has 1 atom stereocenters. The van der Waals surface area contributed by atoms with E-state index in [-0.39, 0.29) is 0 Å². The van der Waals surface area contributed by atoms with E-state index in [1.807, 2.05) is 0 Å². The molecule has 2 N–H and O–H groups in total. The molecule has 86 valence electrons. The predicted molar refractivity (Wildman–Crippen MR) is 67.3 cm³/mol. The van der Waals surface area contributed by atoms with Crippen molar-refractivity contribution in [2.45, 2.75) is 50.0 Å². The fourth-order valence-electron chi connectivity index (χ4n) is 3.39. The molecule has 0 radical (unpaired) electrons. The smallest absolute Gasteiger partial charge is 0.0165 e. The Morgan fingerprint density at radius 1 is 1.06 bits per heavy atom. The lowest BCUT2D eigenvalue weighted by atomic mass is 9.55. The molecule has 3 rings (SSSR count). The SMILES string of the molecule is NC(C1CCC1)C1(c2ccccc2)CCC1. The second-order valence-corrected chi connectivity index (χ2v) is 5.59. The van der Waals surface area contributed by atoms with Crippen LogP contribution in [-0.2, 0) is 5.41 Å². The molecule has 0 aliphatic heterocycles. The average molecular weight is 215 g/mol. The highest BCUT2D eigenvalue weighted by molar-refractivity contribution is 5.31. The van der Waals surface area contributed by atoms with Crippen molar-refractivity contribution in [1.29, 1.82) is 0 Å². The first-order valence-electron chi connectivity index (χ1n) is 6.64. The van der Waals surface area contributed by atoms with E-state index < -0.39 is 0 Å². The number of rotatable bonds is 3. The molecule has 16 heavy (non-hydrogen) atoms. The maximum Gasteiger partial charge on any atom is 0.0165 e. The van der Waals surface area contributed by atoms with Crippen LogP contribution in [0, 0.1) is 5.92 Å². The normalized spacial score (nSPS) is 25.6. The van der Waals surface area contributed by atoms with Gasteiger partial charge in [0.25, 0.3) is 0 Å². The zero-order valence-corrected chi connectivity index (χ0v) is 9.86. The molecule has 0 spiro atoms. The first kappa shape index (κ1) is 10.3. The summed E-state index contributed by atoms with van der Waals surface area (Å²) in [6.45, 7) is 0. The monoisotopic (exact) mass is 215 g/mol. The van der Waals surface area contributed by atoms with Crippen LogP contribution in [0.3, 0.4) is 0 Å². The van der Waals surface area contributed by atoms with Crippen LogP contribution in [0.5, 0.6) is 0 Å². The minimum Gasteiger partial charge on any atom is -0.327 e. The molecular formula is C15H21N. The molecule has 1 unspecified atom stereocenters. The van der Waals surface area contributed by atoms with Crippen LogP contribution in [0.15, 0.2) is 30.3 Å². The molecule has 1 aromatic carbocycles. The van der Waals surface area contributed by atoms with Crippen molar-refractivity contribution in [3.63, 3.8) is 0 Å². The minimum atomic E-state index is 0.326. The minimum absolute atomic E-state index is 0.326. The van der Waals surface area contributed by atoms with Gasteiger partial charge in [0.05, 0.1) is 0 Å². The van der Waals surface area contributed by atoms with Crippen LogP contribution in [0.2, 0.25) is 0 Å². The van der Waals surface area contributed by atoms with E-state index in [1.165, 1.54) is 44.1 Å². The van der Waals surface area contributed by atoms with Crippen molar-refractivity contribution < 1.29 is 0 Å². The molecule has 0 aromatic heterocycles. The Bertz CT molecular complexity index is 349. The third-order valence-corrected chi connectivity index (χ3v) is 4.89. The summed E-state index contributed by atoms with van der Waals surface area (Å²) in [6.07, 6.45) is 8.06. The van der Waals surface area contributed by atoms with Gasteiger partial charge in [-0.2, -0.15) is 0 Å². The Kier molecular flexibility index (Phi) is 2.51. The Morgan fingerprint density at radius 2 is 1.75 bits per heavy atom. The van der Waals surface area contributed by atoms with E-state index in [1.54, 1.807) is 0 Å². The van der Waals surface area contributed by atoms with E-state index in [0.717, 1.165) is 5.92 Å². The van der Waals surface area contributed by atoms with Gasteiger partial charge in [-0.05, 0) is 37.2 Å². The van der Waals surface area contributed by atoms with E-state index >= 15 is 0 Å². The number of nitrogens with two attached hydrogens (primary N) is 1. The zero-order chi connectivity index (χ0) is 11.0. The first-order chi connectivity index (χ1) is 7.83. The third kappa shape index (κ3) is 1.41. The molecule has 0 saturated heterocycles. The second-order valence-electron chi connectivity index (χ2n) is 5.59. The van der Waals surface area contributed by atoms with Gasteiger partial charge in [-0.25, -0.2) is 0 Å². The fraction of sp³-hybridized carbons (Fsp3) is 0.600. The van der Waals surface area contributed by atoms with Crippen molar-refractivity contribution in [3.05, 3.63) is 35.9 Å². The molecule has 0 amide bonds. The van der Waals surface area contributed by atoms with Crippen LogP contribution in [0.1, 0.15) is 44.1 Å². The van der Waals surface area contributed by atoms with E-state index in [9.17, 15) is 0 Å². The van der Waals surface area contributed by atoms with Crippen LogP contribution < -0.4 is 5.73 Å². The largest absolute Gasteiger partial charge is 0.327 e. The Balaban J connectivity index is 1.87. The van der Waals surface area contributed by atoms with Gasteiger partial charge in [-0.1, -0.05) is 43.2 Å². The van der Waals surface area contributed by atoms with Crippen molar-refractivity contribution in [3.8, 4) is 0 Å². The summed E-state index contributed by atoms with van der Waals surface area (Å²) in [7, 11) is 0. The predicted octanol–water partition coefficient (Wildman–Crippen LogP) is 3.24. The van der Waals surface area contributed by atoms with Gasteiger partial charge < -0.3 is 5.73 Å². The highest BCUT2D eigenvalue weighted by atomic mass is 14.7. The quantitative estimate of drug-likeness (QED) is 0.823. The summed E-state index contributed by atoms with van der Waals surface area (Å²) < 4.78 is 0. The van der Waals surface area contributed by atoms with Gasteiger partial charge in [0.1, 0.15) is 0 Å². The number of benzene rings is 1. The van der Waals surface area contributed by atoms with Gasteiger partial charge in [-0.15, -0.1) is 0 Å². The Morgan fingerprint density at radius 3 is 2.19 bits per heavy atom. The summed E-state index contributed by atoms with van der Waals surface area (Å²) in [5.74, 6) is 0.792. The Hall–Kier alpha value is -0.820. The highest BCUT2D eigenvalue weighted by Crippen LogP contribution is 2.50. The standard InChI is InChI=1S/C15H21N/c16-14(12-6-4-7-12)15(10-5-11-15)13-8-2-1-3-9-13/h1-3,8-9,12,14H,4-7,10-11,16H2. The summed E-state index contributed by atoms with van der Waals surface area (Å²) in [6, 6.07) is 11.4. The zero-order valence-electron chi connectivity index (χ0n) is 9.86. The lowest BCUT2D eigenvalue weighted by Crippen LogP contribution is -2.55. The average Bonchev–Trinajstić information content (AvgIpc) is 2.15. The van der Waals surface area contributed by atoms with Crippen LogP contribution >= 0.6 is 0 Å². The van der Waals surface area contributed by atoms with E-state index in [4.69, 9.17) is 5.73 Å². The van der Waals surface area contributed by atoms with Crippen LogP contribution in [0.4, 0.5) is 0 Å². The summed E-state index contributed by atoms with van der Waals surface area (Å²) in [4.78, 5) is 0. The fourth-order valence-corrected chi connectivity index (χ4v) is 3.39. The molecule has 0 bridgehead atoms. The molecular weight excluding hydrogens is 194 g/mol. The summed E-state index contributed by atoms with van der Waals surface area (Å²) >= 11 is 0. The lowest BCUT2D eigenvalue weighted by molar-refractivity contribution is 0.113. The third-order valence-electron chi connectivity index (χ3n) is 4.89. The molecule has 2 fully saturated rings. The summed E-state index contributed by atoms with van der Waals surface area (Å²) in [5, 5.41) is 0. The summed E-state index contributed by atoms with van der Waals surface area (Å²) in [5.41, 5.74) is 8.36. The Labute approximate surface area is 98.0 Å². The maximum absolute atomic E-state index is 6.55. The van der Waals surface area contributed by atoms with Gasteiger partial charge >= 0.3 is 0 Å². The number of hydrogen-bond donors (Lipinski definition) is 1. The van der Waals surface area contributed by atoms with Crippen molar-refractivity contribution >= 4 is 0 Å². The van der Waals surface area contributed by atoms with Crippen molar-refractivity contribution in [2.75, 3.05) is 0 Å². The maximum atomic E-state index is 6.55. The number of hydrogen-bond acceptors (Lipinski definition) is 1. The molecule has 2 aliphatic carbocycles. The first-order valence-corrected chi connectivity index (χ1v) is 6.64. The molecule has 0 heterocycles.